The molecule has 0 bridgehead atoms. The van der Waals surface area contributed by atoms with Gasteiger partial charge in [0.15, 0.2) is 6.10 Å². The minimum absolute atomic E-state index is 0.174. The Bertz CT molecular complexity index is 1590. The van der Waals surface area contributed by atoms with Crippen LogP contribution in [0.25, 0.3) is 0 Å². The smallest absolute Gasteiger partial charge is 0.361 e. The molecule has 2 atom stereocenters. The summed E-state index contributed by atoms with van der Waals surface area (Å²) in [5, 5.41) is 9.68. The molecule has 0 radical (unpaired) electrons. The van der Waals surface area contributed by atoms with Crippen LogP contribution < -0.4 is 0 Å². The molecule has 1 N–H and O–H groups in total. The Labute approximate surface area is 440 Å². The summed E-state index contributed by atoms with van der Waals surface area (Å²) >= 11 is 0. The van der Waals surface area contributed by atoms with Crippen LogP contribution in [0.5, 0.6) is 0 Å². The van der Waals surface area contributed by atoms with E-state index in [0.29, 0.717) is 17.4 Å². The molecular formula is C63H104NO8+. The Morgan fingerprint density at radius 2 is 0.792 bits per heavy atom. The maximum atomic E-state index is 12.8. The second-order valence-corrected chi connectivity index (χ2v) is 19.5. The van der Waals surface area contributed by atoms with Crippen molar-refractivity contribution in [1.82, 2.24) is 0 Å². The molecule has 0 aliphatic carbocycles. The molecule has 0 aliphatic rings. The van der Waals surface area contributed by atoms with Crippen LogP contribution in [-0.4, -0.2) is 87.4 Å². The first-order chi connectivity index (χ1) is 35.1. The average molecular weight is 1000 g/mol. The molecule has 0 aromatic carbocycles. The zero-order valence-corrected chi connectivity index (χ0v) is 46.3. The summed E-state index contributed by atoms with van der Waals surface area (Å²) in [4.78, 5) is 37.3. The van der Waals surface area contributed by atoms with Gasteiger partial charge in [-0.15, -0.1) is 0 Å². The number of esters is 2. The number of carboxylic acids is 1. The molecule has 0 aromatic heterocycles. The average Bonchev–Trinajstić information content (AvgIpc) is 3.35. The normalized spacial score (nSPS) is 13.7. The van der Waals surface area contributed by atoms with E-state index in [2.05, 4.69) is 135 Å². The number of carboxylic acid groups (broad SMARTS) is 1. The van der Waals surface area contributed by atoms with Crippen molar-refractivity contribution < 1.29 is 42.9 Å². The van der Waals surface area contributed by atoms with Crippen LogP contribution in [0.1, 0.15) is 200 Å². The van der Waals surface area contributed by atoms with Gasteiger partial charge in [0.2, 0.25) is 0 Å². The molecule has 72 heavy (non-hydrogen) atoms. The Kier molecular flexibility index (Phi) is 49.8. The van der Waals surface area contributed by atoms with E-state index >= 15 is 0 Å². The zero-order chi connectivity index (χ0) is 52.7. The summed E-state index contributed by atoms with van der Waals surface area (Å²) in [6, 6.07) is 0. The minimum Gasteiger partial charge on any atom is -0.477 e. The largest absolute Gasteiger partial charge is 0.477 e. The van der Waals surface area contributed by atoms with Crippen molar-refractivity contribution in [2.45, 2.75) is 212 Å². The number of rotatable bonds is 50. The third-order valence-electron chi connectivity index (χ3n) is 11.5. The highest BCUT2D eigenvalue weighted by molar-refractivity contribution is 5.71. The maximum absolute atomic E-state index is 12.8. The van der Waals surface area contributed by atoms with E-state index in [-0.39, 0.29) is 38.6 Å². The zero-order valence-electron chi connectivity index (χ0n) is 46.3. The molecule has 408 valence electrons. The molecule has 0 amide bonds. The van der Waals surface area contributed by atoms with Crippen LogP contribution in [0.3, 0.4) is 0 Å². The number of carbonyl (C=O) groups excluding carboxylic acids is 2. The molecule has 0 fully saturated rings. The number of aliphatic carboxylic acids is 1. The standard InChI is InChI=1S/C63H103NO8/c1-6-8-10-12-14-16-18-20-22-23-24-25-26-27-28-29-30-31-32-33-34-35-36-37-38-39-40-42-44-46-48-50-52-54-61(66)72-59(58-71-63(62(67)68)69-56-55-64(3,4)5)57-70-60(65)53-51-49-47-45-43-41-21-19-17-15-13-11-9-7-2/h8,10,14,16,20,22,24-25,27-28,30-31,33-34,36-37,39-40,44,46,59,63H,6-7,9,11-13,15,17-19,21,23,26,29,32,35,38,41-43,45,47-58H2,1-5H3/p+1/b10-8-,16-14-,22-20-,25-24-,28-27-,31-30-,34-33-,37-36-,40-39-,46-44-. The van der Waals surface area contributed by atoms with Gasteiger partial charge in [-0.1, -0.05) is 219 Å². The van der Waals surface area contributed by atoms with Crippen molar-refractivity contribution in [1.29, 1.82) is 0 Å². The Hall–Kier alpha value is -4.31. The van der Waals surface area contributed by atoms with Gasteiger partial charge in [0.05, 0.1) is 34.4 Å². The first-order valence-corrected chi connectivity index (χ1v) is 28.2. The summed E-state index contributed by atoms with van der Waals surface area (Å²) < 4.78 is 22.8. The fourth-order valence-electron chi connectivity index (χ4n) is 7.16. The van der Waals surface area contributed by atoms with Crippen LogP contribution in [0.2, 0.25) is 0 Å². The van der Waals surface area contributed by atoms with E-state index < -0.39 is 24.3 Å². The van der Waals surface area contributed by atoms with Crippen molar-refractivity contribution in [3.63, 3.8) is 0 Å². The number of nitrogens with zero attached hydrogens (tertiary/aromatic N) is 1. The van der Waals surface area contributed by atoms with E-state index in [0.717, 1.165) is 96.3 Å². The van der Waals surface area contributed by atoms with Crippen molar-refractivity contribution in [3.05, 3.63) is 122 Å². The van der Waals surface area contributed by atoms with E-state index in [1.165, 1.54) is 70.6 Å². The van der Waals surface area contributed by atoms with Gasteiger partial charge in [0.25, 0.3) is 6.29 Å². The first kappa shape index (κ1) is 67.7. The predicted molar refractivity (Wildman–Crippen MR) is 304 cm³/mol. The van der Waals surface area contributed by atoms with Gasteiger partial charge in [-0.25, -0.2) is 4.79 Å². The van der Waals surface area contributed by atoms with Crippen LogP contribution in [0.4, 0.5) is 0 Å². The van der Waals surface area contributed by atoms with E-state index in [1.807, 2.05) is 21.1 Å². The Morgan fingerprint density at radius 3 is 1.18 bits per heavy atom. The molecule has 0 spiro atoms. The number of allylic oxidation sites excluding steroid dienone is 20. The number of quaternary nitrogens is 1. The molecule has 9 heteroatoms. The summed E-state index contributed by atoms with van der Waals surface area (Å²) in [7, 11) is 5.94. The number of unbranched alkanes of at least 4 members (excludes halogenated alkanes) is 15. The molecule has 0 saturated heterocycles. The quantitative estimate of drug-likeness (QED) is 0.0211. The number of ether oxygens (including phenoxy) is 4. The lowest BCUT2D eigenvalue weighted by molar-refractivity contribution is -0.870. The highest BCUT2D eigenvalue weighted by atomic mass is 16.7. The number of likely N-dealkylation sites (N-methyl/N-ethyl adjacent to an activating group) is 1. The lowest BCUT2D eigenvalue weighted by atomic mass is 10.0. The van der Waals surface area contributed by atoms with Gasteiger partial charge in [-0.2, -0.15) is 0 Å². The van der Waals surface area contributed by atoms with Gasteiger partial charge >= 0.3 is 17.9 Å². The highest BCUT2D eigenvalue weighted by Crippen LogP contribution is 2.14. The molecule has 0 aliphatic heterocycles. The Morgan fingerprint density at radius 1 is 0.431 bits per heavy atom. The Balaban J connectivity index is 4.36. The molecular weight excluding hydrogens is 899 g/mol. The summed E-state index contributed by atoms with van der Waals surface area (Å²) in [6.07, 6.45) is 71.4. The molecule has 0 saturated carbocycles. The third-order valence-corrected chi connectivity index (χ3v) is 11.5. The molecule has 9 nitrogen and oxygen atoms in total. The lowest BCUT2D eigenvalue weighted by Crippen LogP contribution is -2.40. The van der Waals surface area contributed by atoms with Crippen LogP contribution in [-0.2, 0) is 33.3 Å². The van der Waals surface area contributed by atoms with E-state index in [4.69, 9.17) is 18.9 Å². The second kappa shape index (κ2) is 53.0. The molecule has 0 aromatic rings. The van der Waals surface area contributed by atoms with E-state index in [1.54, 1.807) is 0 Å². The van der Waals surface area contributed by atoms with Crippen molar-refractivity contribution in [2.75, 3.05) is 47.5 Å². The molecule has 2 unspecified atom stereocenters. The topological polar surface area (TPSA) is 108 Å². The number of hydrogen-bond acceptors (Lipinski definition) is 7. The minimum atomic E-state index is -1.53. The highest BCUT2D eigenvalue weighted by Gasteiger charge is 2.25. The van der Waals surface area contributed by atoms with Crippen LogP contribution in [0.15, 0.2) is 122 Å². The molecule has 0 rings (SSSR count). The molecule has 0 heterocycles. The van der Waals surface area contributed by atoms with Crippen LogP contribution >= 0.6 is 0 Å². The predicted octanol–water partition coefficient (Wildman–Crippen LogP) is 16.5. The monoisotopic (exact) mass is 1000 g/mol. The van der Waals surface area contributed by atoms with Gasteiger partial charge in [-0.05, 0) is 89.9 Å². The lowest BCUT2D eigenvalue weighted by Gasteiger charge is -2.25. The maximum Gasteiger partial charge on any atom is 0.361 e. The van der Waals surface area contributed by atoms with Crippen molar-refractivity contribution in [3.8, 4) is 0 Å². The SMILES string of the molecule is CC/C=C\C/C=C\C/C=C\C/C=C\C/C=C\C/C=C\C/C=C\C/C=C\C/C=C\C/C=C\CCCCC(=O)OC(COC(=O)CCCCCCCCCCCCCCCC)COC(OCC[N+](C)(C)C)C(=O)O. The van der Waals surface area contributed by atoms with E-state index in [9.17, 15) is 19.5 Å². The van der Waals surface area contributed by atoms with Gasteiger partial charge in [0.1, 0.15) is 13.2 Å². The van der Waals surface area contributed by atoms with Crippen molar-refractivity contribution in [2.24, 2.45) is 0 Å². The number of hydrogen-bond donors (Lipinski definition) is 1. The van der Waals surface area contributed by atoms with Crippen LogP contribution in [0, 0.1) is 0 Å². The van der Waals surface area contributed by atoms with Gasteiger partial charge < -0.3 is 28.5 Å². The van der Waals surface area contributed by atoms with Gasteiger partial charge in [0, 0.05) is 12.8 Å². The summed E-state index contributed by atoms with van der Waals surface area (Å²) in [6.45, 7) is 4.69. The first-order valence-electron chi connectivity index (χ1n) is 28.2. The number of carbonyl (C=O) groups is 3. The fraction of sp³-hybridized carbons (Fsp3) is 0.635. The van der Waals surface area contributed by atoms with Gasteiger partial charge in [-0.3, -0.25) is 9.59 Å². The summed E-state index contributed by atoms with van der Waals surface area (Å²) in [5.74, 6) is -2.08. The van der Waals surface area contributed by atoms with Crippen molar-refractivity contribution >= 4 is 17.9 Å². The third kappa shape index (κ3) is 53.5. The second-order valence-electron chi connectivity index (χ2n) is 19.5. The summed E-state index contributed by atoms with van der Waals surface area (Å²) in [5.41, 5.74) is 0. The fourth-order valence-corrected chi connectivity index (χ4v) is 7.16.